The highest BCUT2D eigenvalue weighted by atomic mass is 16.5. The summed E-state index contributed by atoms with van der Waals surface area (Å²) in [7, 11) is 1.65. The second-order valence-electron chi connectivity index (χ2n) is 9.64. The van der Waals surface area contributed by atoms with E-state index in [0.29, 0.717) is 0 Å². The van der Waals surface area contributed by atoms with Crippen molar-refractivity contribution in [2.45, 2.75) is 31.7 Å². The van der Waals surface area contributed by atoms with Crippen molar-refractivity contribution < 1.29 is 24.2 Å². The molecule has 6 nitrogen and oxygen atoms in total. The van der Waals surface area contributed by atoms with E-state index in [1.807, 2.05) is 78.9 Å². The predicted octanol–water partition coefficient (Wildman–Crippen LogP) is 6.46. The Balaban J connectivity index is 1.23. The predicted molar refractivity (Wildman–Crippen MR) is 151 cm³/mol. The fraction of sp³-hybridized carbons (Fsp3) is 0.212. The van der Waals surface area contributed by atoms with E-state index in [-0.39, 0.29) is 18.9 Å². The van der Waals surface area contributed by atoms with Gasteiger partial charge in [0.1, 0.15) is 18.4 Å². The number of amides is 1. The van der Waals surface area contributed by atoms with Gasteiger partial charge in [0.05, 0.1) is 7.11 Å². The highest BCUT2D eigenvalue weighted by Crippen LogP contribution is 2.44. The molecule has 6 heteroatoms. The quantitative estimate of drug-likeness (QED) is 0.264. The van der Waals surface area contributed by atoms with Crippen LogP contribution in [-0.4, -0.2) is 36.9 Å². The summed E-state index contributed by atoms with van der Waals surface area (Å²) in [6.45, 7) is 2.22. The number of carbonyl (C=O) groups is 2. The molecule has 0 spiro atoms. The number of carboxylic acids is 1. The first-order valence-electron chi connectivity index (χ1n) is 13.1. The zero-order valence-electron chi connectivity index (χ0n) is 22.0. The molecule has 0 bridgehead atoms. The SMILES string of the molecule is CCc1cc(OC)ccc1-c1ccc(CC(NC(=O)OCC2c3ccccc3-c3ccccc32)C(=O)O)cc1. The molecule has 0 saturated heterocycles. The van der Waals surface area contributed by atoms with E-state index < -0.39 is 18.1 Å². The molecule has 4 aromatic rings. The average molecular weight is 522 g/mol. The fourth-order valence-corrected chi connectivity index (χ4v) is 5.31. The van der Waals surface area contributed by atoms with Gasteiger partial charge >= 0.3 is 12.1 Å². The van der Waals surface area contributed by atoms with Crippen LogP contribution in [0, 0.1) is 0 Å². The Morgan fingerprint density at radius 3 is 2.10 bits per heavy atom. The number of nitrogens with one attached hydrogen (secondary N) is 1. The molecule has 0 saturated carbocycles. The number of carboxylic acid groups (broad SMARTS) is 1. The van der Waals surface area contributed by atoms with Gasteiger partial charge in [-0.15, -0.1) is 0 Å². The summed E-state index contributed by atoms with van der Waals surface area (Å²) >= 11 is 0. The number of carbonyl (C=O) groups excluding carboxylic acids is 1. The summed E-state index contributed by atoms with van der Waals surface area (Å²) < 4.78 is 10.9. The van der Waals surface area contributed by atoms with Crippen LogP contribution in [0.1, 0.15) is 35.1 Å². The van der Waals surface area contributed by atoms with Gasteiger partial charge in [0, 0.05) is 12.3 Å². The number of hydrogen-bond donors (Lipinski definition) is 2. The number of methoxy groups -OCH3 is 1. The molecule has 4 aromatic carbocycles. The second kappa shape index (κ2) is 11.4. The Labute approximate surface area is 228 Å². The van der Waals surface area contributed by atoms with Crippen LogP contribution < -0.4 is 10.1 Å². The first-order chi connectivity index (χ1) is 19.0. The molecule has 0 fully saturated rings. The number of aliphatic carboxylic acids is 1. The maximum absolute atomic E-state index is 12.7. The van der Waals surface area contributed by atoms with Crippen molar-refractivity contribution in [2.24, 2.45) is 0 Å². The Morgan fingerprint density at radius 2 is 1.51 bits per heavy atom. The van der Waals surface area contributed by atoms with Crippen LogP contribution in [-0.2, 0) is 22.4 Å². The minimum Gasteiger partial charge on any atom is -0.497 e. The van der Waals surface area contributed by atoms with E-state index in [9.17, 15) is 14.7 Å². The van der Waals surface area contributed by atoms with Crippen molar-refractivity contribution in [1.29, 1.82) is 0 Å². The smallest absolute Gasteiger partial charge is 0.407 e. The van der Waals surface area contributed by atoms with Gasteiger partial charge in [-0.3, -0.25) is 0 Å². The Morgan fingerprint density at radius 1 is 0.872 bits per heavy atom. The molecular formula is C33H31NO5. The van der Waals surface area contributed by atoms with Gasteiger partial charge in [-0.2, -0.15) is 0 Å². The average Bonchev–Trinajstić information content (AvgIpc) is 3.29. The minimum atomic E-state index is -1.11. The zero-order chi connectivity index (χ0) is 27.4. The molecule has 0 radical (unpaired) electrons. The summed E-state index contributed by atoms with van der Waals surface area (Å²) in [4.78, 5) is 24.7. The van der Waals surface area contributed by atoms with Crippen LogP contribution in [0.3, 0.4) is 0 Å². The highest BCUT2D eigenvalue weighted by Gasteiger charge is 2.29. The van der Waals surface area contributed by atoms with Crippen LogP contribution >= 0.6 is 0 Å². The Kier molecular flexibility index (Phi) is 7.64. The number of aryl methyl sites for hydroxylation is 1. The number of rotatable bonds is 9. The van der Waals surface area contributed by atoms with E-state index >= 15 is 0 Å². The molecule has 1 aliphatic rings. The van der Waals surface area contributed by atoms with Gasteiger partial charge in [-0.25, -0.2) is 9.59 Å². The van der Waals surface area contributed by atoms with Crippen LogP contribution in [0.5, 0.6) is 5.75 Å². The van der Waals surface area contributed by atoms with Crippen molar-refractivity contribution >= 4 is 12.1 Å². The Hall–Kier alpha value is -4.58. The summed E-state index contributed by atoms with van der Waals surface area (Å²) in [6.07, 6.45) is 0.259. The molecule has 1 aliphatic carbocycles. The molecule has 5 rings (SSSR count). The van der Waals surface area contributed by atoms with Gasteiger partial charge < -0.3 is 19.9 Å². The lowest BCUT2D eigenvalue weighted by atomic mass is 9.96. The van der Waals surface area contributed by atoms with Gasteiger partial charge in [0.2, 0.25) is 0 Å². The molecule has 0 aliphatic heterocycles. The molecule has 1 unspecified atom stereocenters. The van der Waals surface area contributed by atoms with Crippen LogP contribution in [0.4, 0.5) is 4.79 Å². The maximum atomic E-state index is 12.7. The molecule has 198 valence electrons. The molecule has 1 amide bonds. The Bertz CT molecular complexity index is 1450. The third-order valence-corrected chi connectivity index (χ3v) is 7.33. The first-order valence-corrected chi connectivity index (χ1v) is 13.1. The van der Waals surface area contributed by atoms with Gasteiger partial charge in [0.15, 0.2) is 0 Å². The topological polar surface area (TPSA) is 84.9 Å². The van der Waals surface area contributed by atoms with Crippen LogP contribution in [0.25, 0.3) is 22.3 Å². The van der Waals surface area contributed by atoms with Gasteiger partial charge in [-0.1, -0.05) is 85.8 Å². The number of ether oxygens (including phenoxy) is 2. The number of hydrogen-bond acceptors (Lipinski definition) is 4. The van der Waals surface area contributed by atoms with Crippen LogP contribution in [0.15, 0.2) is 91.0 Å². The monoisotopic (exact) mass is 521 g/mol. The molecule has 0 aromatic heterocycles. The lowest BCUT2D eigenvalue weighted by molar-refractivity contribution is -0.139. The van der Waals surface area contributed by atoms with E-state index in [1.54, 1.807) is 7.11 Å². The molecule has 39 heavy (non-hydrogen) atoms. The largest absolute Gasteiger partial charge is 0.497 e. The third kappa shape index (κ3) is 5.50. The van der Waals surface area contributed by atoms with Crippen molar-refractivity contribution in [3.63, 3.8) is 0 Å². The normalized spacial score (nSPS) is 12.8. The minimum absolute atomic E-state index is 0.0926. The summed E-state index contributed by atoms with van der Waals surface area (Å²) in [5.74, 6) is -0.392. The summed E-state index contributed by atoms with van der Waals surface area (Å²) in [6, 6.07) is 28.8. The second-order valence-corrected chi connectivity index (χ2v) is 9.64. The van der Waals surface area contributed by atoms with Gasteiger partial charge in [-0.05, 0) is 63.1 Å². The summed E-state index contributed by atoms with van der Waals surface area (Å²) in [5.41, 5.74) is 8.59. The lowest BCUT2D eigenvalue weighted by Crippen LogP contribution is -2.42. The van der Waals surface area contributed by atoms with Crippen molar-refractivity contribution in [3.05, 3.63) is 113 Å². The van der Waals surface area contributed by atoms with E-state index in [4.69, 9.17) is 9.47 Å². The van der Waals surface area contributed by atoms with Crippen LogP contribution in [0.2, 0.25) is 0 Å². The van der Waals surface area contributed by atoms with Crippen molar-refractivity contribution in [1.82, 2.24) is 5.32 Å². The molecule has 1 atom stereocenters. The summed E-state index contributed by atoms with van der Waals surface area (Å²) in [5, 5.41) is 12.3. The lowest BCUT2D eigenvalue weighted by Gasteiger charge is -2.18. The van der Waals surface area contributed by atoms with E-state index in [1.165, 1.54) is 5.56 Å². The van der Waals surface area contributed by atoms with Crippen molar-refractivity contribution in [3.8, 4) is 28.0 Å². The highest BCUT2D eigenvalue weighted by molar-refractivity contribution is 5.81. The van der Waals surface area contributed by atoms with Gasteiger partial charge in [0.25, 0.3) is 0 Å². The van der Waals surface area contributed by atoms with Crippen molar-refractivity contribution in [2.75, 3.05) is 13.7 Å². The molecule has 2 N–H and O–H groups in total. The maximum Gasteiger partial charge on any atom is 0.407 e. The standard InChI is InChI=1S/C33H31NO5/c1-3-22-19-24(38-2)16-17-25(22)23-14-12-21(13-15-23)18-31(32(35)36)34-33(37)39-20-30-28-10-6-4-8-26(28)27-9-5-7-11-29(27)30/h4-17,19,30-31H,3,18,20H2,1-2H3,(H,34,37)(H,35,36). The first kappa shape index (κ1) is 26.0. The molecular weight excluding hydrogens is 490 g/mol. The third-order valence-electron chi connectivity index (χ3n) is 7.33. The number of fused-ring (bicyclic) bond motifs is 3. The number of benzene rings is 4. The number of alkyl carbamates (subject to hydrolysis) is 1. The van der Waals surface area contributed by atoms with E-state index in [2.05, 4.69) is 24.4 Å². The van der Waals surface area contributed by atoms with E-state index in [0.717, 1.165) is 51.1 Å². The zero-order valence-corrected chi connectivity index (χ0v) is 22.0. The fourth-order valence-electron chi connectivity index (χ4n) is 5.31. The molecule has 0 heterocycles.